The quantitative estimate of drug-likeness (QED) is 0.530. The lowest BCUT2D eigenvalue weighted by atomic mass is 9.98. The van der Waals surface area contributed by atoms with Crippen molar-refractivity contribution in [2.75, 3.05) is 4.90 Å². The summed E-state index contributed by atoms with van der Waals surface area (Å²) in [6, 6.07) is 28.4. The van der Waals surface area contributed by atoms with Crippen LogP contribution in [-0.2, 0) is 5.41 Å². The first-order chi connectivity index (χ1) is 11.7. The minimum absolute atomic E-state index is 0.417. The molecule has 0 aromatic heterocycles. The van der Waals surface area contributed by atoms with E-state index in [1.807, 2.05) is 0 Å². The Labute approximate surface area is 144 Å². The minimum atomic E-state index is 0.417. The Morgan fingerprint density at radius 2 is 1.17 bits per heavy atom. The molecule has 120 valence electrons. The summed E-state index contributed by atoms with van der Waals surface area (Å²) in [5.74, 6) is 0. The molecule has 3 aromatic rings. The topological polar surface area (TPSA) is 3.24 Å². The Bertz CT molecular complexity index is 812. The predicted molar refractivity (Wildman–Crippen MR) is 102 cm³/mol. The molecule has 0 aliphatic heterocycles. The van der Waals surface area contributed by atoms with E-state index in [2.05, 4.69) is 97.6 Å². The van der Waals surface area contributed by atoms with Gasteiger partial charge in [0.15, 0.2) is 0 Å². The third kappa shape index (κ3) is 2.82. The number of rotatable bonds is 4. The third-order valence-corrected chi connectivity index (χ3v) is 5.13. The van der Waals surface area contributed by atoms with Crippen molar-refractivity contribution >= 4 is 17.1 Å². The maximum absolute atomic E-state index is 2.36. The van der Waals surface area contributed by atoms with Crippen LogP contribution < -0.4 is 4.90 Å². The van der Waals surface area contributed by atoms with Crippen LogP contribution in [0.15, 0.2) is 78.9 Å². The van der Waals surface area contributed by atoms with Crippen LogP contribution in [0.2, 0.25) is 0 Å². The second-order valence-electron chi connectivity index (χ2n) is 7.11. The molecule has 0 radical (unpaired) electrons. The molecular formula is C23H23N. The molecule has 1 heteroatoms. The number of hydrogen-bond donors (Lipinski definition) is 0. The van der Waals surface area contributed by atoms with Crippen molar-refractivity contribution in [3.8, 4) is 0 Å². The molecule has 1 aliphatic carbocycles. The molecule has 0 bridgehead atoms. The molecule has 0 unspecified atom stereocenters. The number of para-hydroxylation sites is 1. The van der Waals surface area contributed by atoms with Crippen molar-refractivity contribution in [2.24, 2.45) is 0 Å². The number of aryl methyl sites for hydroxylation is 1. The summed E-state index contributed by atoms with van der Waals surface area (Å²) in [5.41, 5.74) is 6.74. The van der Waals surface area contributed by atoms with E-state index in [-0.39, 0.29) is 0 Å². The monoisotopic (exact) mass is 313 g/mol. The van der Waals surface area contributed by atoms with Crippen LogP contribution in [0.4, 0.5) is 17.1 Å². The highest BCUT2D eigenvalue weighted by molar-refractivity contribution is 5.76. The molecule has 1 saturated carbocycles. The van der Waals surface area contributed by atoms with Crippen molar-refractivity contribution < 1.29 is 0 Å². The first-order valence-corrected chi connectivity index (χ1v) is 8.68. The van der Waals surface area contributed by atoms with Crippen molar-refractivity contribution in [2.45, 2.75) is 32.1 Å². The standard InChI is InChI=1S/C23H23N/c1-18-8-12-21(13-9-18)24(20-6-4-3-5-7-20)22-14-10-19(11-15-22)23(2)16-17-23/h3-15H,16-17H2,1-2H3. The van der Waals surface area contributed by atoms with Gasteiger partial charge in [0.25, 0.3) is 0 Å². The maximum Gasteiger partial charge on any atom is 0.0461 e. The van der Waals surface area contributed by atoms with Gasteiger partial charge in [-0.1, -0.05) is 55.0 Å². The summed E-state index contributed by atoms with van der Waals surface area (Å²) in [6.45, 7) is 4.48. The zero-order valence-electron chi connectivity index (χ0n) is 14.4. The predicted octanol–water partition coefficient (Wildman–Crippen LogP) is 6.52. The lowest BCUT2D eigenvalue weighted by Gasteiger charge is -2.26. The number of benzene rings is 3. The average molecular weight is 313 g/mol. The van der Waals surface area contributed by atoms with Gasteiger partial charge in [0, 0.05) is 17.1 Å². The van der Waals surface area contributed by atoms with Gasteiger partial charge in [-0.05, 0) is 67.1 Å². The molecule has 3 aromatic carbocycles. The molecule has 0 heterocycles. The van der Waals surface area contributed by atoms with Gasteiger partial charge in [-0.3, -0.25) is 0 Å². The number of hydrogen-bond acceptors (Lipinski definition) is 1. The molecule has 0 amide bonds. The summed E-state index contributed by atoms with van der Waals surface area (Å²) in [6.07, 6.45) is 2.62. The van der Waals surface area contributed by atoms with Crippen LogP contribution in [0.5, 0.6) is 0 Å². The second kappa shape index (κ2) is 5.83. The van der Waals surface area contributed by atoms with E-state index in [1.54, 1.807) is 0 Å². The van der Waals surface area contributed by atoms with Gasteiger partial charge < -0.3 is 4.90 Å². The molecule has 0 spiro atoms. The second-order valence-corrected chi connectivity index (χ2v) is 7.11. The Hall–Kier alpha value is -2.54. The fourth-order valence-corrected chi connectivity index (χ4v) is 3.21. The molecule has 0 saturated heterocycles. The van der Waals surface area contributed by atoms with Gasteiger partial charge in [-0.25, -0.2) is 0 Å². The fourth-order valence-electron chi connectivity index (χ4n) is 3.21. The van der Waals surface area contributed by atoms with E-state index in [0.717, 1.165) is 0 Å². The van der Waals surface area contributed by atoms with Crippen molar-refractivity contribution in [1.82, 2.24) is 0 Å². The van der Waals surface area contributed by atoms with Gasteiger partial charge in [-0.2, -0.15) is 0 Å². The van der Waals surface area contributed by atoms with Crippen molar-refractivity contribution in [1.29, 1.82) is 0 Å². The molecule has 1 fully saturated rings. The highest BCUT2D eigenvalue weighted by Crippen LogP contribution is 2.48. The summed E-state index contributed by atoms with van der Waals surface area (Å²) in [4.78, 5) is 2.32. The molecular weight excluding hydrogens is 290 g/mol. The Balaban J connectivity index is 1.76. The lowest BCUT2D eigenvalue weighted by Crippen LogP contribution is -2.10. The van der Waals surface area contributed by atoms with Crippen molar-refractivity contribution in [3.63, 3.8) is 0 Å². The van der Waals surface area contributed by atoms with Crippen LogP contribution in [0.3, 0.4) is 0 Å². The van der Waals surface area contributed by atoms with Crippen LogP contribution in [0.25, 0.3) is 0 Å². The van der Waals surface area contributed by atoms with E-state index < -0.39 is 0 Å². The first-order valence-electron chi connectivity index (χ1n) is 8.68. The largest absolute Gasteiger partial charge is 0.311 e. The normalized spacial score (nSPS) is 15.1. The SMILES string of the molecule is Cc1ccc(N(c2ccccc2)c2ccc(C3(C)CC3)cc2)cc1. The van der Waals surface area contributed by atoms with E-state index in [0.29, 0.717) is 5.41 Å². The minimum Gasteiger partial charge on any atom is -0.311 e. The summed E-state index contributed by atoms with van der Waals surface area (Å²) in [5, 5.41) is 0. The first kappa shape index (κ1) is 15.0. The smallest absolute Gasteiger partial charge is 0.0461 e. The Morgan fingerprint density at radius 1 is 0.667 bits per heavy atom. The van der Waals surface area contributed by atoms with Crippen molar-refractivity contribution in [3.05, 3.63) is 90.0 Å². The molecule has 1 aliphatic rings. The summed E-state index contributed by atoms with van der Waals surface area (Å²) >= 11 is 0. The van der Waals surface area contributed by atoms with Crippen LogP contribution in [-0.4, -0.2) is 0 Å². The Morgan fingerprint density at radius 3 is 1.71 bits per heavy atom. The van der Waals surface area contributed by atoms with Gasteiger partial charge in [0.2, 0.25) is 0 Å². The fraction of sp³-hybridized carbons (Fsp3) is 0.217. The third-order valence-electron chi connectivity index (χ3n) is 5.13. The molecule has 1 nitrogen and oxygen atoms in total. The number of nitrogens with zero attached hydrogens (tertiary/aromatic N) is 1. The van der Waals surface area contributed by atoms with Gasteiger partial charge in [0.05, 0.1) is 0 Å². The van der Waals surface area contributed by atoms with Gasteiger partial charge in [0.1, 0.15) is 0 Å². The van der Waals surface area contributed by atoms with E-state index in [4.69, 9.17) is 0 Å². The van der Waals surface area contributed by atoms with Gasteiger partial charge >= 0.3 is 0 Å². The summed E-state index contributed by atoms with van der Waals surface area (Å²) < 4.78 is 0. The average Bonchev–Trinajstić information content (AvgIpc) is 3.37. The number of anilines is 3. The Kier molecular flexibility index (Phi) is 3.65. The van der Waals surface area contributed by atoms with Crippen LogP contribution in [0, 0.1) is 6.92 Å². The molecule has 4 rings (SSSR count). The van der Waals surface area contributed by atoms with E-state index in [1.165, 1.54) is 41.0 Å². The zero-order valence-corrected chi connectivity index (χ0v) is 14.4. The lowest BCUT2D eigenvalue weighted by molar-refractivity contribution is 0.788. The molecule has 24 heavy (non-hydrogen) atoms. The zero-order chi connectivity index (χ0) is 16.6. The van der Waals surface area contributed by atoms with Crippen LogP contribution >= 0.6 is 0 Å². The van der Waals surface area contributed by atoms with Gasteiger partial charge in [-0.15, -0.1) is 0 Å². The van der Waals surface area contributed by atoms with E-state index in [9.17, 15) is 0 Å². The highest BCUT2D eigenvalue weighted by atomic mass is 15.1. The summed E-state index contributed by atoms with van der Waals surface area (Å²) in [7, 11) is 0. The molecule has 0 atom stereocenters. The highest BCUT2D eigenvalue weighted by Gasteiger charge is 2.38. The van der Waals surface area contributed by atoms with E-state index >= 15 is 0 Å². The van der Waals surface area contributed by atoms with Crippen LogP contribution in [0.1, 0.15) is 30.9 Å². The maximum atomic E-state index is 2.36. The molecule has 0 N–H and O–H groups in total.